The molecule has 0 aliphatic carbocycles. The van der Waals surface area contributed by atoms with Crippen molar-refractivity contribution < 1.29 is 15.3 Å². The fourth-order valence-electron chi connectivity index (χ4n) is 1.84. The Morgan fingerprint density at radius 3 is 1.37 bits per heavy atom. The second-order valence-corrected chi connectivity index (χ2v) is 4.89. The summed E-state index contributed by atoms with van der Waals surface area (Å²) < 4.78 is 3.07. The Balaban J connectivity index is 3.33. The molecule has 0 radical (unpaired) electrons. The molecule has 8 nitrogen and oxygen atoms in total. The van der Waals surface area contributed by atoms with Gasteiger partial charge in [0.1, 0.15) is 0 Å². The van der Waals surface area contributed by atoms with Crippen LogP contribution in [-0.4, -0.2) is 47.6 Å². The van der Waals surface area contributed by atoms with Crippen molar-refractivity contribution in [1.82, 2.24) is 13.9 Å². The lowest BCUT2D eigenvalue weighted by Crippen LogP contribution is -2.33. The molecule has 0 aliphatic rings. The van der Waals surface area contributed by atoms with Gasteiger partial charge < -0.3 is 15.3 Å². The summed E-state index contributed by atoms with van der Waals surface area (Å²) in [5.41, 5.74) is -1.21. The van der Waals surface area contributed by atoms with E-state index in [0.717, 1.165) is 13.9 Å². The Morgan fingerprint density at radius 2 is 1.11 bits per heavy atom. The monoisotopic (exact) mass is 275 g/mol. The largest absolute Gasteiger partial charge is 0.392 e. The fourth-order valence-corrected chi connectivity index (χ4v) is 1.84. The number of hydrogen-bond donors (Lipinski definition) is 3. The molecule has 1 aromatic rings. The van der Waals surface area contributed by atoms with E-state index in [9.17, 15) is 24.9 Å². The highest BCUT2D eigenvalue weighted by molar-refractivity contribution is 4.77. The van der Waals surface area contributed by atoms with Gasteiger partial charge in [-0.3, -0.25) is 0 Å². The lowest BCUT2D eigenvalue weighted by atomic mass is 10.4. The number of aromatic nitrogens is 3. The van der Waals surface area contributed by atoms with Crippen molar-refractivity contribution in [3.05, 3.63) is 21.0 Å². The molecule has 3 N–H and O–H groups in total. The predicted molar refractivity (Wildman–Crippen MR) is 68.0 cm³/mol. The van der Waals surface area contributed by atoms with Crippen LogP contribution in [0.2, 0.25) is 0 Å². The van der Waals surface area contributed by atoms with Crippen LogP contribution in [0.5, 0.6) is 0 Å². The van der Waals surface area contributed by atoms with Crippen LogP contribution in [0.1, 0.15) is 20.8 Å². The fraction of sp³-hybridized carbons (Fsp3) is 0.818. The number of rotatable bonds is 6. The van der Waals surface area contributed by atoms with E-state index < -0.39 is 29.7 Å². The predicted octanol–water partition coefficient (Wildman–Crippen LogP) is -2.05. The molecule has 0 saturated heterocycles. The number of aliphatic hydroxyl groups is 3. The van der Waals surface area contributed by atoms with Crippen LogP contribution in [-0.2, 0) is 19.6 Å². The third kappa shape index (κ3) is 3.79. The maximum atomic E-state index is 12.1. The van der Waals surface area contributed by atoms with E-state index in [4.69, 9.17) is 0 Å². The zero-order valence-corrected chi connectivity index (χ0v) is 11.4. The quantitative estimate of drug-likeness (QED) is 0.554. The van der Waals surface area contributed by atoms with Crippen LogP contribution in [0.25, 0.3) is 0 Å². The van der Waals surface area contributed by atoms with Crippen molar-refractivity contribution in [3.8, 4) is 0 Å². The molecule has 0 aromatic carbocycles. The molecule has 19 heavy (non-hydrogen) atoms. The summed E-state index contributed by atoms with van der Waals surface area (Å²) in [6.07, 6.45) is -2.45. The minimum Gasteiger partial charge on any atom is -0.392 e. The second-order valence-electron chi connectivity index (χ2n) is 4.89. The molecular weight excluding hydrogens is 254 g/mol. The molecular formula is C11H21N3O5. The molecule has 0 bridgehead atoms. The molecule has 1 rings (SSSR count). The molecule has 1 heterocycles. The Bertz CT molecular complexity index is 482. The molecule has 0 aliphatic heterocycles. The Kier molecular flexibility index (Phi) is 5.10. The van der Waals surface area contributed by atoms with Gasteiger partial charge in [-0.15, -0.1) is 0 Å². The first-order chi connectivity index (χ1) is 8.73. The van der Waals surface area contributed by atoms with Crippen molar-refractivity contribution in [3.63, 3.8) is 0 Å². The maximum Gasteiger partial charge on any atom is 0.347 e. The van der Waals surface area contributed by atoms with Gasteiger partial charge in [-0.2, -0.15) is 0 Å². The molecule has 0 saturated carbocycles. The van der Waals surface area contributed by atoms with Crippen molar-refractivity contribution in [2.24, 2.45) is 0 Å². The topological polar surface area (TPSA) is 110 Å². The van der Waals surface area contributed by atoms with Crippen LogP contribution in [0.3, 0.4) is 0 Å². The average Bonchev–Trinajstić information content (AvgIpc) is 2.44. The third-order valence-corrected chi connectivity index (χ3v) is 2.52. The highest BCUT2D eigenvalue weighted by Gasteiger charge is 2.18. The first-order valence-electron chi connectivity index (χ1n) is 6.18. The third-order valence-electron chi connectivity index (χ3n) is 2.52. The van der Waals surface area contributed by atoms with Gasteiger partial charge in [-0.25, -0.2) is 23.5 Å². The van der Waals surface area contributed by atoms with Gasteiger partial charge in [0.05, 0.1) is 37.9 Å². The van der Waals surface area contributed by atoms with E-state index >= 15 is 0 Å². The summed E-state index contributed by atoms with van der Waals surface area (Å²) in [6, 6.07) is 0. The Hall–Kier alpha value is -1.38. The standard InChI is InChI=1S/C11H21N3O5/c1-7(15)4-12-10(18)13(5-8(2)16)14(11(12)19)6-9(3)17/h7-9,15-17H,4-6H2,1-3H3. The van der Waals surface area contributed by atoms with Gasteiger partial charge >= 0.3 is 11.4 Å². The van der Waals surface area contributed by atoms with Gasteiger partial charge in [0.2, 0.25) is 0 Å². The summed E-state index contributed by atoms with van der Waals surface area (Å²) in [5.74, 6) is 0. The molecule has 0 fully saturated rings. The summed E-state index contributed by atoms with van der Waals surface area (Å²) in [4.78, 5) is 24.1. The summed E-state index contributed by atoms with van der Waals surface area (Å²) >= 11 is 0. The summed E-state index contributed by atoms with van der Waals surface area (Å²) in [6.45, 7) is 4.24. The van der Waals surface area contributed by atoms with Crippen LogP contribution < -0.4 is 11.4 Å². The number of aliphatic hydroxyl groups excluding tert-OH is 3. The first kappa shape index (κ1) is 15.7. The van der Waals surface area contributed by atoms with Gasteiger partial charge in [-0.1, -0.05) is 0 Å². The highest BCUT2D eigenvalue weighted by atomic mass is 16.3. The van der Waals surface area contributed by atoms with E-state index in [2.05, 4.69) is 0 Å². The molecule has 0 amide bonds. The van der Waals surface area contributed by atoms with Gasteiger partial charge in [0.15, 0.2) is 0 Å². The second kappa shape index (κ2) is 6.18. The maximum absolute atomic E-state index is 12.1. The average molecular weight is 275 g/mol. The minimum absolute atomic E-state index is 0.0480. The molecule has 3 unspecified atom stereocenters. The Labute approximate surface area is 110 Å². The summed E-state index contributed by atoms with van der Waals surface area (Å²) in [7, 11) is 0. The van der Waals surface area contributed by atoms with Crippen LogP contribution in [0, 0.1) is 0 Å². The molecule has 1 aromatic heterocycles. The van der Waals surface area contributed by atoms with E-state index in [1.54, 1.807) is 0 Å². The minimum atomic E-state index is -0.840. The van der Waals surface area contributed by atoms with Crippen molar-refractivity contribution in [2.75, 3.05) is 0 Å². The van der Waals surface area contributed by atoms with E-state index in [1.165, 1.54) is 20.8 Å². The highest BCUT2D eigenvalue weighted by Crippen LogP contribution is 1.93. The van der Waals surface area contributed by atoms with E-state index in [-0.39, 0.29) is 19.6 Å². The lowest BCUT2D eigenvalue weighted by molar-refractivity contribution is 0.134. The van der Waals surface area contributed by atoms with Crippen molar-refractivity contribution in [1.29, 1.82) is 0 Å². The zero-order chi connectivity index (χ0) is 14.7. The SMILES string of the molecule is CC(O)Cn1c(=O)n(CC(C)O)n(CC(C)O)c1=O. The van der Waals surface area contributed by atoms with Crippen LogP contribution in [0.15, 0.2) is 9.59 Å². The van der Waals surface area contributed by atoms with Crippen molar-refractivity contribution >= 4 is 0 Å². The molecule has 8 heteroatoms. The smallest absolute Gasteiger partial charge is 0.347 e. The zero-order valence-electron chi connectivity index (χ0n) is 11.4. The molecule has 0 spiro atoms. The lowest BCUT2D eigenvalue weighted by Gasteiger charge is -2.12. The van der Waals surface area contributed by atoms with E-state index in [0.29, 0.717) is 0 Å². The normalized spacial score (nSPS) is 16.3. The van der Waals surface area contributed by atoms with Crippen molar-refractivity contribution in [2.45, 2.75) is 58.7 Å². The van der Waals surface area contributed by atoms with E-state index in [1.807, 2.05) is 0 Å². The molecule has 3 atom stereocenters. The summed E-state index contributed by atoms with van der Waals surface area (Å²) in [5, 5.41) is 28.1. The van der Waals surface area contributed by atoms with Crippen LogP contribution >= 0.6 is 0 Å². The number of hydrogen-bond acceptors (Lipinski definition) is 5. The van der Waals surface area contributed by atoms with Gasteiger partial charge in [0, 0.05) is 0 Å². The number of nitrogens with zero attached hydrogens (tertiary/aromatic N) is 3. The van der Waals surface area contributed by atoms with Gasteiger partial charge in [-0.05, 0) is 20.8 Å². The van der Waals surface area contributed by atoms with Crippen LogP contribution in [0.4, 0.5) is 0 Å². The molecule has 110 valence electrons. The Morgan fingerprint density at radius 1 is 0.789 bits per heavy atom. The first-order valence-corrected chi connectivity index (χ1v) is 6.18. The van der Waals surface area contributed by atoms with Gasteiger partial charge in [0.25, 0.3) is 0 Å².